The molecule has 0 unspecified atom stereocenters. The van der Waals surface area contributed by atoms with Crippen molar-refractivity contribution < 1.29 is 27.4 Å². The van der Waals surface area contributed by atoms with E-state index in [1.165, 1.54) is 44.8 Å². The van der Waals surface area contributed by atoms with Crippen LogP contribution in [0.5, 0.6) is 17.2 Å². The summed E-state index contributed by atoms with van der Waals surface area (Å²) < 4.78 is 42.2. The minimum Gasteiger partial charge on any atom is -0.497 e. The Labute approximate surface area is 185 Å². The van der Waals surface area contributed by atoms with E-state index >= 15 is 0 Å². The van der Waals surface area contributed by atoms with Crippen LogP contribution in [0.1, 0.15) is 20.5 Å². The predicted octanol–water partition coefficient (Wildman–Crippen LogP) is 3.72. The lowest BCUT2D eigenvalue weighted by Gasteiger charge is -2.18. The summed E-state index contributed by atoms with van der Waals surface area (Å²) in [7, 11) is 0.735. The SMILES string of the molecule is COc1ccc(S(=O)(=O)[C@@H](CNC(=O)c2cc(OC)cc(OC)c2)c2cccs2)cc1. The number of ether oxygens (including phenoxy) is 3. The van der Waals surface area contributed by atoms with Gasteiger partial charge in [-0.15, -0.1) is 11.3 Å². The highest BCUT2D eigenvalue weighted by Crippen LogP contribution is 2.32. The minimum absolute atomic E-state index is 0.0900. The average Bonchev–Trinajstić information content (AvgIpc) is 3.32. The van der Waals surface area contributed by atoms with Crippen molar-refractivity contribution in [2.24, 2.45) is 0 Å². The summed E-state index contributed by atoms with van der Waals surface area (Å²) >= 11 is 1.32. The van der Waals surface area contributed by atoms with E-state index in [4.69, 9.17) is 14.2 Å². The Kier molecular flexibility index (Phi) is 7.19. The van der Waals surface area contributed by atoms with Gasteiger partial charge in [0.2, 0.25) is 0 Å². The van der Waals surface area contributed by atoms with Gasteiger partial charge in [0, 0.05) is 23.1 Å². The molecule has 0 aliphatic rings. The van der Waals surface area contributed by atoms with Crippen molar-refractivity contribution in [3.63, 3.8) is 0 Å². The highest BCUT2D eigenvalue weighted by Gasteiger charge is 2.30. The summed E-state index contributed by atoms with van der Waals surface area (Å²) in [6.45, 7) is -0.0900. The fourth-order valence-corrected chi connectivity index (χ4v) is 5.78. The number of nitrogens with one attached hydrogen (secondary N) is 1. The number of carbonyl (C=O) groups is 1. The number of methoxy groups -OCH3 is 3. The molecule has 0 aliphatic carbocycles. The molecular weight excluding hydrogens is 438 g/mol. The third-order valence-electron chi connectivity index (χ3n) is 4.68. The van der Waals surface area contributed by atoms with E-state index in [0.29, 0.717) is 27.7 Å². The van der Waals surface area contributed by atoms with Gasteiger partial charge in [-0.2, -0.15) is 0 Å². The average molecular weight is 462 g/mol. The fourth-order valence-electron chi connectivity index (χ4n) is 2.99. The van der Waals surface area contributed by atoms with Crippen LogP contribution in [0.3, 0.4) is 0 Å². The maximum Gasteiger partial charge on any atom is 0.251 e. The molecule has 3 rings (SSSR count). The third kappa shape index (κ3) is 5.18. The van der Waals surface area contributed by atoms with Gasteiger partial charge in [-0.1, -0.05) is 6.07 Å². The third-order valence-corrected chi connectivity index (χ3v) is 7.92. The monoisotopic (exact) mass is 461 g/mol. The van der Waals surface area contributed by atoms with E-state index in [-0.39, 0.29) is 11.4 Å². The highest BCUT2D eigenvalue weighted by atomic mass is 32.2. The lowest BCUT2D eigenvalue weighted by molar-refractivity contribution is 0.0953. The first kappa shape index (κ1) is 22.6. The first-order valence-corrected chi connectivity index (χ1v) is 11.7. The fraction of sp³-hybridized carbons (Fsp3) is 0.227. The maximum atomic E-state index is 13.4. The maximum absolute atomic E-state index is 13.4. The standard InChI is InChI=1S/C22H23NO6S2/c1-27-16-6-8-19(9-7-16)31(25,26)21(20-5-4-10-30-20)14-23-22(24)15-11-17(28-2)13-18(12-15)29-3/h4-13,21H,14H2,1-3H3,(H,23,24)/t21-/m0/s1. The predicted molar refractivity (Wildman–Crippen MR) is 119 cm³/mol. The van der Waals surface area contributed by atoms with E-state index < -0.39 is 21.0 Å². The number of sulfone groups is 1. The summed E-state index contributed by atoms with van der Waals surface area (Å²) in [5.74, 6) is 1.06. The van der Waals surface area contributed by atoms with Crippen molar-refractivity contribution in [2.75, 3.05) is 27.9 Å². The molecule has 9 heteroatoms. The molecule has 1 aromatic heterocycles. The molecule has 0 spiro atoms. The second-order valence-corrected chi connectivity index (χ2v) is 9.65. The zero-order chi connectivity index (χ0) is 22.4. The number of amides is 1. The smallest absolute Gasteiger partial charge is 0.251 e. The quantitative estimate of drug-likeness (QED) is 0.522. The summed E-state index contributed by atoms with van der Waals surface area (Å²) in [5.41, 5.74) is 0.308. The van der Waals surface area contributed by atoms with Crippen LogP contribution in [0, 0.1) is 0 Å². The Morgan fingerprint density at radius 3 is 2.06 bits per heavy atom. The number of hydrogen-bond donors (Lipinski definition) is 1. The van der Waals surface area contributed by atoms with Crippen LogP contribution in [0.25, 0.3) is 0 Å². The largest absolute Gasteiger partial charge is 0.497 e. The Hall–Kier alpha value is -3.04. The molecule has 1 atom stereocenters. The van der Waals surface area contributed by atoms with Crippen molar-refractivity contribution in [2.45, 2.75) is 10.1 Å². The second kappa shape index (κ2) is 9.84. The van der Waals surface area contributed by atoms with Gasteiger partial charge in [-0.05, 0) is 47.8 Å². The second-order valence-electron chi connectivity index (χ2n) is 6.54. The van der Waals surface area contributed by atoms with E-state index in [1.807, 2.05) is 0 Å². The molecule has 7 nitrogen and oxygen atoms in total. The molecule has 0 saturated carbocycles. The topological polar surface area (TPSA) is 90.9 Å². The zero-order valence-electron chi connectivity index (χ0n) is 17.3. The van der Waals surface area contributed by atoms with E-state index in [9.17, 15) is 13.2 Å². The van der Waals surface area contributed by atoms with Crippen LogP contribution >= 0.6 is 11.3 Å². The number of rotatable bonds is 9. The van der Waals surface area contributed by atoms with E-state index in [1.54, 1.807) is 47.8 Å². The molecule has 1 amide bonds. The normalized spacial score (nSPS) is 12.1. The van der Waals surface area contributed by atoms with Crippen LogP contribution in [-0.2, 0) is 9.84 Å². The molecule has 1 heterocycles. The lowest BCUT2D eigenvalue weighted by Crippen LogP contribution is -2.31. The van der Waals surface area contributed by atoms with Crippen molar-refractivity contribution in [3.8, 4) is 17.2 Å². The van der Waals surface area contributed by atoms with Gasteiger partial charge < -0.3 is 19.5 Å². The van der Waals surface area contributed by atoms with Crippen molar-refractivity contribution in [1.82, 2.24) is 5.32 Å². The van der Waals surface area contributed by atoms with E-state index in [2.05, 4.69) is 5.32 Å². The number of thiophene rings is 1. The number of carbonyl (C=O) groups excluding carboxylic acids is 1. The Morgan fingerprint density at radius 1 is 0.935 bits per heavy atom. The van der Waals surface area contributed by atoms with Crippen molar-refractivity contribution in [1.29, 1.82) is 0 Å². The Morgan fingerprint density at radius 2 is 1.55 bits per heavy atom. The molecule has 31 heavy (non-hydrogen) atoms. The van der Waals surface area contributed by atoms with Gasteiger partial charge in [-0.25, -0.2) is 8.42 Å². The molecule has 2 aromatic carbocycles. The molecule has 3 aromatic rings. The number of benzene rings is 2. The van der Waals surface area contributed by atoms with E-state index in [0.717, 1.165) is 0 Å². The molecule has 1 N–H and O–H groups in total. The van der Waals surface area contributed by atoms with Crippen LogP contribution in [-0.4, -0.2) is 42.2 Å². The summed E-state index contributed by atoms with van der Waals surface area (Å²) in [6, 6.07) is 14.5. The molecule has 164 valence electrons. The van der Waals surface area contributed by atoms with Crippen LogP contribution in [0.4, 0.5) is 0 Å². The number of hydrogen-bond acceptors (Lipinski definition) is 7. The lowest BCUT2D eigenvalue weighted by atomic mass is 10.2. The van der Waals surface area contributed by atoms with Crippen LogP contribution in [0.2, 0.25) is 0 Å². The first-order chi connectivity index (χ1) is 14.9. The van der Waals surface area contributed by atoms with Gasteiger partial charge in [0.1, 0.15) is 22.5 Å². The summed E-state index contributed by atoms with van der Waals surface area (Å²) in [5, 5.41) is 3.61. The molecule has 0 bridgehead atoms. The van der Waals surface area contributed by atoms with Crippen molar-refractivity contribution in [3.05, 3.63) is 70.4 Å². The molecule has 0 fully saturated rings. The van der Waals surface area contributed by atoms with Gasteiger partial charge in [-0.3, -0.25) is 4.79 Å². The molecule has 0 saturated heterocycles. The van der Waals surface area contributed by atoms with Gasteiger partial charge in [0.05, 0.1) is 26.2 Å². The van der Waals surface area contributed by atoms with Gasteiger partial charge in [0.25, 0.3) is 5.91 Å². The first-order valence-electron chi connectivity index (χ1n) is 9.31. The zero-order valence-corrected chi connectivity index (χ0v) is 19.0. The minimum atomic E-state index is -3.76. The van der Waals surface area contributed by atoms with Gasteiger partial charge >= 0.3 is 0 Å². The molecule has 0 aliphatic heterocycles. The van der Waals surface area contributed by atoms with Crippen LogP contribution in [0.15, 0.2) is 64.9 Å². The molecule has 0 radical (unpaired) electrons. The van der Waals surface area contributed by atoms with Crippen LogP contribution < -0.4 is 19.5 Å². The summed E-state index contributed by atoms with van der Waals surface area (Å²) in [4.78, 5) is 13.6. The Bertz CT molecular complexity index is 1100. The molecular formula is C22H23NO6S2. The van der Waals surface area contributed by atoms with Crippen molar-refractivity contribution >= 4 is 27.1 Å². The highest BCUT2D eigenvalue weighted by molar-refractivity contribution is 7.91. The summed E-state index contributed by atoms with van der Waals surface area (Å²) in [6.07, 6.45) is 0. The Balaban J connectivity index is 1.86. The van der Waals surface area contributed by atoms with Gasteiger partial charge in [0.15, 0.2) is 9.84 Å².